The molecule has 0 unspecified atom stereocenters. The number of hydrogen-bond acceptors (Lipinski definition) is 5. The number of rotatable bonds is 3. The van der Waals surface area contributed by atoms with Crippen molar-refractivity contribution in [3.63, 3.8) is 0 Å². The van der Waals surface area contributed by atoms with Crippen LogP contribution in [0, 0.1) is 4.91 Å². The summed E-state index contributed by atoms with van der Waals surface area (Å²) < 4.78 is 0.963. The van der Waals surface area contributed by atoms with Crippen LogP contribution in [0.4, 0.5) is 0 Å². The third-order valence-corrected chi connectivity index (χ3v) is 7.05. The average Bonchev–Trinajstić information content (AvgIpc) is 2.17. The van der Waals surface area contributed by atoms with E-state index >= 15 is 0 Å². The van der Waals surface area contributed by atoms with E-state index in [2.05, 4.69) is 30.0 Å². The van der Waals surface area contributed by atoms with E-state index < -0.39 is 24.3 Å². The van der Waals surface area contributed by atoms with Crippen LogP contribution in [0.2, 0.25) is 14.8 Å². The molecule has 15 heavy (non-hydrogen) atoms. The Labute approximate surface area is 91.7 Å². The second kappa shape index (κ2) is 4.69. The van der Waals surface area contributed by atoms with Crippen molar-refractivity contribution < 1.29 is 9.63 Å². The summed E-state index contributed by atoms with van der Waals surface area (Å²) in [7, 11) is 0. The number of nitrogens with zero attached hydrogens (tertiary/aromatic N) is 2. The van der Waals surface area contributed by atoms with Crippen molar-refractivity contribution in [2.45, 2.75) is 14.8 Å². The van der Waals surface area contributed by atoms with Gasteiger partial charge in [-0.05, 0) is 0 Å². The molecule has 80 valence electrons. The van der Waals surface area contributed by atoms with Crippen LogP contribution in [0.3, 0.4) is 0 Å². The van der Waals surface area contributed by atoms with Crippen molar-refractivity contribution in [1.82, 2.24) is 4.98 Å². The Morgan fingerprint density at radius 3 is 2.67 bits per heavy atom. The molecule has 5 nitrogen and oxygen atoms in total. The van der Waals surface area contributed by atoms with Gasteiger partial charge in [0.15, 0.2) is 0 Å². The van der Waals surface area contributed by atoms with Crippen molar-refractivity contribution in [3.8, 4) is 0 Å². The summed E-state index contributed by atoms with van der Waals surface area (Å²) in [5.74, 6) is -0.732. The normalized spacial score (nSPS) is 10.9. The van der Waals surface area contributed by atoms with Crippen LogP contribution in [-0.4, -0.2) is 29.3 Å². The quantitative estimate of drug-likeness (QED) is 0.481. The predicted octanol–water partition coefficient (Wildman–Crippen LogP) is 1.46. The fraction of sp³-hybridized carbons (Fsp3) is 0.333. The molecule has 1 heterocycles. The molecular formula is C9H12N2O3Sn. The van der Waals surface area contributed by atoms with Crippen LogP contribution in [0.5, 0.6) is 0 Å². The first-order valence-corrected chi connectivity index (χ1v) is 14.4. The zero-order valence-electron chi connectivity index (χ0n) is 8.85. The topological polar surface area (TPSA) is 68.6 Å². The number of aromatic nitrogens is 1. The Morgan fingerprint density at radius 1 is 1.47 bits per heavy atom. The first kappa shape index (κ1) is 12.1. The minimum absolute atomic E-state index is 0.325. The van der Waals surface area contributed by atoms with E-state index in [-0.39, 0.29) is 0 Å². The van der Waals surface area contributed by atoms with Gasteiger partial charge in [-0.2, -0.15) is 0 Å². The molecule has 0 saturated heterocycles. The Morgan fingerprint density at radius 2 is 2.13 bits per heavy atom. The minimum atomic E-state index is -2.28. The molecule has 6 heteroatoms. The van der Waals surface area contributed by atoms with E-state index in [4.69, 9.17) is 0 Å². The zero-order chi connectivity index (χ0) is 11.5. The summed E-state index contributed by atoms with van der Waals surface area (Å²) in [6.45, 7) is 0. The second-order valence-electron chi connectivity index (χ2n) is 4.13. The summed E-state index contributed by atoms with van der Waals surface area (Å²) in [5, 5.41) is 2.10. The summed E-state index contributed by atoms with van der Waals surface area (Å²) in [6, 6.07) is 3.19. The third kappa shape index (κ3) is 3.26. The molecule has 0 radical (unpaired) electrons. The van der Waals surface area contributed by atoms with Gasteiger partial charge in [0.2, 0.25) is 0 Å². The number of pyridine rings is 1. The fourth-order valence-electron chi connectivity index (χ4n) is 1.05. The molecule has 0 saturated carbocycles. The predicted molar refractivity (Wildman–Crippen MR) is 58.4 cm³/mol. The molecule has 0 N–H and O–H groups in total. The molecule has 0 spiro atoms. The van der Waals surface area contributed by atoms with Crippen molar-refractivity contribution in [2.24, 2.45) is 5.34 Å². The second-order valence-corrected chi connectivity index (χ2v) is 18.4. The SMILES string of the molecule is [CH3][Sn]([CH3])([CH3])[c]1cc(C(=O)ON=O)ccn1. The van der Waals surface area contributed by atoms with Crippen LogP contribution in [0.1, 0.15) is 10.4 Å². The zero-order valence-corrected chi connectivity index (χ0v) is 11.7. The number of carbonyl (C=O) groups is 1. The maximum absolute atomic E-state index is 11.2. The number of carbonyl (C=O) groups excluding carboxylic acids is 1. The third-order valence-electron chi connectivity index (χ3n) is 1.88. The average molecular weight is 315 g/mol. The molecule has 0 amide bonds. The number of hydrogen-bond donors (Lipinski definition) is 0. The molecule has 0 aliphatic heterocycles. The monoisotopic (exact) mass is 316 g/mol. The van der Waals surface area contributed by atoms with Gasteiger partial charge in [0.05, 0.1) is 0 Å². The summed E-state index contributed by atoms with van der Waals surface area (Å²) in [4.78, 5) is 35.8. The van der Waals surface area contributed by atoms with Crippen LogP contribution in [0.25, 0.3) is 0 Å². The van der Waals surface area contributed by atoms with E-state index in [9.17, 15) is 9.70 Å². The van der Waals surface area contributed by atoms with Gasteiger partial charge in [0.25, 0.3) is 0 Å². The van der Waals surface area contributed by atoms with Crippen LogP contribution in [0.15, 0.2) is 23.7 Å². The van der Waals surface area contributed by atoms with Gasteiger partial charge in [-0.1, -0.05) is 0 Å². The van der Waals surface area contributed by atoms with Crippen molar-refractivity contribution in [1.29, 1.82) is 0 Å². The summed E-state index contributed by atoms with van der Waals surface area (Å²) in [6.07, 6.45) is 1.55. The van der Waals surface area contributed by atoms with Crippen LogP contribution < -0.4 is 3.71 Å². The van der Waals surface area contributed by atoms with Gasteiger partial charge in [-0.25, -0.2) is 0 Å². The molecular weight excluding hydrogens is 303 g/mol. The Kier molecular flexibility index (Phi) is 3.78. The van der Waals surface area contributed by atoms with Crippen molar-refractivity contribution >= 4 is 28.1 Å². The first-order chi connectivity index (χ1) is 6.95. The Bertz CT molecular complexity index is 387. The van der Waals surface area contributed by atoms with E-state index in [1.807, 2.05) is 0 Å². The van der Waals surface area contributed by atoms with Gasteiger partial charge >= 0.3 is 91.6 Å². The van der Waals surface area contributed by atoms with E-state index in [0.717, 1.165) is 3.71 Å². The first-order valence-electron chi connectivity index (χ1n) is 4.45. The molecule has 1 aromatic heterocycles. The molecule has 0 fully saturated rings. The standard InChI is InChI=1S/C6H3N2O3.3CH3.Sn/c9-6(11-8-10)5-1-3-7-4-2-5;;;;/h1-3H;3*1H3;. The molecule has 0 aromatic carbocycles. The molecule has 0 bridgehead atoms. The van der Waals surface area contributed by atoms with Crippen LogP contribution in [-0.2, 0) is 4.84 Å². The van der Waals surface area contributed by atoms with Crippen molar-refractivity contribution in [2.75, 3.05) is 0 Å². The maximum atomic E-state index is 11.2. The van der Waals surface area contributed by atoms with Crippen LogP contribution >= 0.6 is 0 Å². The molecule has 1 rings (SSSR count). The Balaban J connectivity index is 3.03. The fourth-order valence-corrected chi connectivity index (χ4v) is 4.05. The van der Waals surface area contributed by atoms with E-state index in [1.54, 1.807) is 12.3 Å². The van der Waals surface area contributed by atoms with Gasteiger partial charge < -0.3 is 0 Å². The van der Waals surface area contributed by atoms with Gasteiger partial charge in [-0.15, -0.1) is 0 Å². The molecule has 1 aromatic rings. The van der Waals surface area contributed by atoms with Gasteiger partial charge in [0.1, 0.15) is 0 Å². The van der Waals surface area contributed by atoms with Crippen molar-refractivity contribution in [3.05, 3.63) is 28.8 Å². The molecule has 0 aliphatic carbocycles. The molecule has 0 atom stereocenters. The van der Waals surface area contributed by atoms with E-state index in [1.165, 1.54) is 6.07 Å². The van der Waals surface area contributed by atoms with Gasteiger partial charge in [-0.3, -0.25) is 0 Å². The van der Waals surface area contributed by atoms with Gasteiger partial charge in [0, 0.05) is 0 Å². The molecule has 0 aliphatic rings. The van der Waals surface area contributed by atoms with E-state index in [0.29, 0.717) is 5.56 Å². The summed E-state index contributed by atoms with van der Waals surface area (Å²) in [5.41, 5.74) is 0.325. The Hall–Kier alpha value is -0.981. The summed E-state index contributed by atoms with van der Waals surface area (Å²) >= 11 is -2.28.